The van der Waals surface area contributed by atoms with Gasteiger partial charge in [0, 0.05) is 6.42 Å². The van der Waals surface area contributed by atoms with Crippen LogP contribution in [0.5, 0.6) is 0 Å². The van der Waals surface area contributed by atoms with E-state index in [1.807, 2.05) is 27.2 Å². The third-order valence-corrected chi connectivity index (χ3v) is 15.3. The standard InChI is InChI=1S/C63H123N2O6P/c1-6-8-10-12-14-16-18-20-22-23-24-25-26-27-28-29-30-31-32-33-34-35-36-37-38-39-40-41-43-45-47-49-51-53-55-57-63(67)64-61(60-71-72(68,69)70-59-58-65(3,4)5)62(66)56-54-52-50-48-46-44-42-21-19-17-15-13-11-9-7-2/h26-27,29-30,54,56,61-62,66H,6-25,28,31-53,55,57-60H2,1-5H3,(H-,64,67,68,69)/b27-26-,30-29-,56-54+. The lowest BCUT2D eigenvalue weighted by molar-refractivity contribution is -0.870. The van der Waals surface area contributed by atoms with Crippen LogP contribution in [-0.4, -0.2) is 68.5 Å². The highest BCUT2D eigenvalue weighted by Crippen LogP contribution is 2.38. The lowest BCUT2D eigenvalue weighted by atomic mass is 10.0. The Morgan fingerprint density at radius 2 is 0.806 bits per heavy atom. The molecule has 0 bridgehead atoms. The zero-order chi connectivity index (χ0) is 52.7. The average molecular weight is 1040 g/mol. The van der Waals surface area contributed by atoms with Gasteiger partial charge in [-0.1, -0.05) is 288 Å². The Hall–Kier alpha value is -1.28. The lowest BCUT2D eigenvalue weighted by Gasteiger charge is -2.29. The molecule has 0 spiro atoms. The summed E-state index contributed by atoms with van der Waals surface area (Å²) in [5.74, 6) is -0.193. The molecule has 2 N–H and O–H groups in total. The van der Waals surface area contributed by atoms with Crippen LogP contribution in [0.4, 0.5) is 0 Å². The average Bonchev–Trinajstić information content (AvgIpc) is 3.34. The maximum absolute atomic E-state index is 13.0. The van der Waals surface area contributed by atoms with Gasteiger partial charge in [-0.25, -0.2) is 0 Å². The van der Waals surface area contributed by atoms with Crippen LogP contribution in [0, 0.1) is 0 Å². The number of nitrogens with zero attached hydrogens (tertiary/aromatic N) is 1. The van der Waals surface area contributed by atoms with Crippen molar-refractivity contribution < 1.29 is 32.9 Å². The summed E-state index contributed by atoms with van der Waals surface area (Å²) in [6.07, 6.45) is 71.0. The number of carbonyl (C=O) groups excluding carboxylic acids is 1. The van der Waals surface area contributed by atoms with Gasteiger partial charge < -0.3 is 28.8 Å². The van der Waals surface area contributed by atoms with Crippen molar-refractivity contribution in [3.8, 4) is 0 Å². The van der Waals surface area contributed by atoms with E-state index in [2.05, 4.69) is 43.5 Å². The number of rotatable bonds is 58. The molecule has 0 aromatic rings. The second-order valence-electron chi connectivity index (χ2n) is 22.8. The minimum atomic E-state index is -4.59. The van der Waals surface area contributed by atoms with Gasteiger partial charge in [0.2, 0.25) is 5.91 Å². The second kappa shape index (κ2) is 54.5. The lowest BCUT2D eigenvalue weighted by Crippen LogP contribution is -2.45. The van der Waals surface area contributed by atoms with Gasteiger partial charge in [-0.2, -0.15) is 0 Å². The van der Waals surface area contributed by atoms with Gasteiger partial charge in [-0.3, -0.25) is 9.36 Å². The Balaban J connectivity index is 3.99. The predicted octanol–water partition coefficient (Wildman–Crippen LogP) is 18.7. The van der Waals surface area contributed by atoms with Crippen LogP contribution in [0.25, 0.3) is 0 Å². The summed E-state index contributed by atoms with van der Waals surface area (Å²) in [6, 6.07) is -0.885. The first-order chi connectivity index (χ1) is 35.0. The second-order valence-corrected chi connectivity index (χ2v) is 24.2. The number of unbranched alkanes of at least 4 members (excludes halogenated alkanes) is 41. The first kappa shape index (κ1) is 70.7. The largest absolute Gasteiger partial charge is 0.756 e. The first-order valence-electron chi connectivity index (χ1n) is 31.4. The number of quaternary nitrogens is 1. The molecule has 0 aromatic carbocycles. The maximum Gasteiger partial charge on any atom is 0.268 e. The first-order valence-corrected chi connectivity index (χ1v) is 32.8. The molecule has 0 saturated heterocycles. The normalized spacial score (nSPS) is 14.0. The van der Waals surface area contributed by atoms with Crippen molar-refractivity contribution in [3.63, 3.8) is 0 Å². The number of likely N-dealkylation sites (N-methyl/N-ethyl adjacent to an activating group) is 1. The molecule has 0 aromatic heterocycles. The van der Waals surface area contributed by atoms with Gasteiger partial charge in [0.05, 0.1) is 39.9 Å². The monoisotopic (exact) mass is 1030 g/mol. The van der Waals surface area contributed by atoms with Crippen molar-refractivity contribution in [2.45, 2.75) is 321 Å². The van der Waals surface area contributed by atoms with Crippen LogP contribution in [0.3, 0.4) is 0 Å². The molecule has 0 fully saturated rings. The van der Waals surface area contributed by atoms with Crippen molar-refractivity contribution in [2.75, 3.05) is 40.9 Å². The number of amides is 1. The van der Waals surface area contributed by atoms with Crippen LogP contribution in [-0.2, 0) is 18.4 Å². The highest BCUT2D eigenvalue weighted by Gasteiger charge is 2.23. The summed E-state index contributed by atoms with van der Waals surface area (Å²) >= 11 is 0. The van der Waals surface area contributed by atoms with E-state index in [9.17, 15) is 19.4 Å². The van der Waals surface area contributed by atoms with E-state index in [4.69, 9.17) is 9.05 Å². The summed E-state index contributed by atoms with van der Waals surface area (Å²) in [7, 11) is 1.27. The van der Waals surface area contributed by atoms with E-state index in [1.54, 1.807) is 6.08 Å². The van der Waals surface area contributed by atoms with Gasteiger partial charge >= 0.3 is 0 Å². The number of allylic oxidation sites excluding steroid dienone is 5. The number of hydrogen-bond donors (Lipinski definition) is 2. The topological polar surface area (TPSA) is 108 Å². The third kappa shape index (κ3) is 56.4. The van der Waals surface area contributed by atoms with Crippen LogP contribution < -0.4 is 10.2 Å². The fourth-order valence-electron chi connectivity index (χ4n) is 9.42. The van der Waals surface area contributed by atoms with Crippen LogP contribution >= 0.6 is 7.82 Å². The fraction of sp³-hybridized carbons (Fsp3) is 0.889. The van der Waals surface area contributed by atoms with E-state index < -0.39 is 20.0 Å². The SMILES string of the molecule is CCCCCCCCCCCCC/C=C\C/C=C\CCCCCCCCCCCCCCCCCCCC(=O)NC(COP(=O)([O-])OCC[N+](C)(C)C)C(O)/C=C/CCCCCCCCCCCCCCC. The molecule has 1 amide bonds. The molecule has 8 nitrogen and oxygen atoms in total. The number of phosphoric ester groups is 1. The Kier molecular flexibility index (Phi) is 53.5. The predicted molar refractivity (Wildman–Crippen MR) is 311 cm³/mol. The molecule has 0 aliphatic rings. The van der Waals surface area contributed by atoms with Crippen LogP contribution in [0.2, 0.25) is 0 Å². The number of hydrogen-bond acceptors (Lipinski definition) is 6. The molecule has 0 rings (SSSR count). The van der Waals surface area contributed by atoms with Gasteiger partial charge in [0.25, 0.3) is 7.82 Å². The molecule has 3 atom stereocenters. The van der Waals surface area contributed by atoms with E-state index >= 15 is 0 Å². The number of nitrogens with one attached hydrogen (secondary N) is 1. The Bertz CT molecular complexity index is 1270. The highest BCUT2D eigenvalue weighted by atomic mass is 31.2. The Labute approximate surface area is 448 Å². The van der Waals surface area contributed by atoms with E-state index in [1.165, 1.54) is 244 Å². The summed E-state index contributed by atoms with van der Waals surface area (Å²) in [6.45, 7) is 4.68. The molecule has 3 unspecified atom stereocenters. The number of aliphatic hydroxyl groups excluding tert-OH is 1. The van der Waals surface area contributed by atoms with Gasteiger partial charge in [-0.15, -0.1) is 0 Å². The number of carbonyl (C=O) groups is 1. The summed E-state index contributed by atoms with van der Waals surface area (Å²) in [5.41, 5.74) is 0. The molecule has 0 aliphatic carbocycles. The molecule has 9 heteroatoms. The molecular weight excluding hydrogens is 912 g/mol. The maximum atomic E-state index is 13.0. The Morgan fingerprint density at radius 3 is 1.15 bits per heavy atom. The number of aliphatic hydroxyl groups is 1. The summed E-state index contributed by atoms with van der Waals surface area (Å²) < 4.78 is 23.3. The number of phosphoric acid groups is 1. The van der Waals surface area contributed by atoms with Gasteiger partial charge in [0.1, 0.15) is 13.2 Å². The zero-order valence-electron chi connectivity index (χ0n) is 48.6. The van der Waals surface area contributed by atoms with Gasteiger partial charge in [-0.05, 0) is 51.4 Å². The van der Waals surface area contributed by atoms with Crippen molar-refractivity contribution in [1.29, 1.82) is 0 Å². The minimum Gasteiger partial charge on any atom is -0.756 e. The molecule has 0 aliphatic heterocycles. The van der Waals surface area contributed by atoms with Crippen LogP contribution in [0.1, 0.15) is 309 Å². The zero-order valence-corrected chi connectivity index (χ0v) is 49.5. The van der Waals surface area contributed by atoms with Crippen molar-refractivity contribution in [1.82, 2.24) is 5.32 Å². The quantitative estimate of drug-likeness (QED) is 0.0272. The smallest absolute Gasteiger partial charge is 0.268 e. The van der Waals surface area contributed by atoms with Crippen molar-refractivity contribution >= 4 is 13.7 Å². The van der Waals surface area contributed by atoms with Crippen molar-refractivity contribution in [2.24, 2.45) is 0 Å². The fourth-order valence-corrected chi connectivity index (χ4v) is 10.1. The van der Waals surface area contributed by atoms with Crippen LogP contribution in [0.15, 0.2) is 36.5 Å². The summed E-state index contributed by atoms with van der Waals surface area (Å²) in [4.78, 5) is 25.5. The molecule has 0 saturated carbocycles. The molecular formula is C63H123N2O6P. The third-order valence-electron chi connectivity index (χ3n) is 14.3. The van der Waals surface area contributed by atoms with Gasteiger partial charge in [0.15, 0.2) is 0 Å². The summed E-state index contributed by atoms with van der Waals surface area (Å²) in [5, 5.41) is 13.9. The molecule has 0 radical (unpaired) electrons. The molecule has 426 valence electrons. The Morgan fingerprint density at radius 1 is 0.486 bits per heavy atom. The minimum absolute atomic E-state index is 0.000374. The van der Waals surface area contributed by atoms with Crippen molar-refractivity contribution in [3.05, 3.63) is 36.5 Å². The molecule has 72 heavy (non-hydrogen) atoms. The van der Waals surface area contributed by atoms with E-state index in [-0.39, 0.29) is 19.1 Å². The highest BCUT2D eigenvalue weighted by molar-refractivity contribution is 7.45. The van der Waals surface area contributed by atoms with E-state index in [0.717, 1.165) is 44.9 Å². The molecule has 0 heterocycles. The van der Waals surface area contributed by atoms with E-state index in [0.29, 0.717) is 17.4 Å².